The molecular weight excluding hydrogens is 481 g/mol. The van der Waals surface area contributed by atoms with Gasteiger partial charge in [0.2, 0.25) is 5.89 Å². The van der Waals surface area contributed by atoms with Gasteiger partial charge in [-0.3, -0.25) is 4.99 Å². The second-order valence-electron chi connectivity index (χ2n) is 6.52. The Balaban J connectivity index is 0.00000300. The van der Waals surface area contributed by atoms with Gasteiger partial charge in [-0.2, -0.15) is 0 Å². The quantitative estimate of drug-likeness (QED) is 0.260. The maximum absolute atomic E-state index is 5.56. The number of halogens is 1. The average molecular weight is 509 g/mol. The van der Waals surface area contributed by atoms with Crippen molar-refractivity contribution in [1.82, 2.24) is 20.8 Å². The molecule has 8 heteroatoms. The summed E-state index contributed by atoms with van der Waals surface area (Å²) in [6, 6.07) is 11.8. The zero-order chi connectivity index (χ0) is 19.8. The summed E-state index contributed by atoms with van der Waals surface area (Å²) in [6.07, 6.45) is 3.77. The van der Waals surface area contributed by atoms with Crippen molar-refractivity contribution in [2.75, 3.05) is 7.05 Å². The second-order valence-corrected chi connectivity index (χ2v) is 6.52. The highest BCUT2D eigenvalue weighted by molar-refractivity contribution is 14.0. The highest BCUT2D eigenvalue weighted by Crippen LogP contribution is 2.22. The summed E-state index contributed by atoms with van der Waals surface area (Å²) < 4.78 is 11.0. The third-order valence-electron chi connectivity index (χ3n) is 4.64. The summed E-state index contributed by atoms with van der Waals surface area (Å²) in [5.74, 6) is 2.50. The van der Waals surface area contributed by atoms with Crippen LogP contribution in [0.2, 0.25) is 0 Å². The Bertz CT molecular complexity index is 887. The van der Waals surface area contributed by atoms with Gasteiger partial charge in [0.05, 0.1) is 24.5 Å². The third kappa shape index (κ3) is 6.31. The van der Waals surface area contributed by atoms with E-state index in [1.54, 1.807) is 13.3 Å². The molecule has 0 spiro atoms. The van der Waals surface area contributed by atoms with Crippen LogP contribution in [0.15, 0.2) is 56.6 Å². The van der Waals surface area contributed by atoms with E-state index >= 15 is 0 Å². The molecule has 7 nitrogen and oxygen atoms in total. The van der Waals surface area contributed by atoms with E-state index in [-0.39, 0.29) is 24.0 Å². The topological polar surface area (TPSA) is 88.5 Å². The largest absolute Gasteiger partial charge is 0.444 e. The van der Waals surface area contributed by atoms with Gasteiger partial charge in [0.1, 0.15) is 6.26 Å². The molecule has 2 heterocycles. The summed E-state index contributed by atoms with van der Waals surface area (Å²) in [5, 5.41) is 10.6. The first-order valence-corrected chi connectivity index (χ1v) is 9.63. The van der Waals surface area contributed by atoms with Crippen molar-refractivity contribution in [3.8, 4) is 11.5 Å². The highest BCUT2D eigenvalue weighted by atomic mass is 127. The molecule has 0 radical (unpaired) electrons. The van der Waals surface area contributed by atoms with Crippen molar-refractivity contribution in [3.05, 3.63) is 59.8 Å². The molecule has 0 fully saturated rings. The maximum Gasteiger partial charge on any atom is 0.226 e. The fourth-order valence-corrected chi connectivity index (χ4v) is 2.98. The Morgan fingerprint density at radius 1 is 1.10 bits per heavy atom. The SMILES string of the molecule is CCC(CC)c1cc(CNC(=NC)NCc2coc(-c3ccccc3)n2)on1.I. The summed E-state index contributed by atoms with van der Waals surface area (Å²) >= 11 is 0. The van der Waals surface area contributed by atoms with E-state index in [0.717, 1.165) is 35.6 Å². The van der Waals surface area contributed by atoms with Crippen molar-refractivity contribution in [3.63, 3.8) is 0 Å². The van der Waals surface area contributed by atoms with Gasteiger partial charge in [-0.25, -0.2) is 4.98 Å². The lowest BCUT2D eigenvalue weighted by Gasteiger charge is -2.09. The van der Waals surface area contributed by atoms with Crippen LogP contribution in [-0.4, -0.2) is 23.1 Å². The molecule has 0 aliphatic heterocycles. The first kappa shape index (κ1) is 22.9. The van der Waals surface area contributed by atoms with Crippen LogP contribution in [0.4, 0.5) is 0 Å². The van der Waals surface area contributed by atoms with E-state index in [2.05, 4.69) is 39.6 Å². The molecular formula is C21H28IN5O2. The van der Waals surface area contributed by atoms with Gasteiger partial charge in [0.15, 0.2) is 11.7 Å². The number of oxazole rings is 1. The van der Waals surface area contributed by atoms with E-state index in [0.29, 0.717) is 30.9 Å². The van der Waals surface area contributed by atoms with Gasteiger partial charge in [-0.1, -0.05) is 37.2 Å². The Kier molecular flexibility index (Phi) is 9.17. The molecule has 2 aromatic heterocycles. The van der Waals surface area contributed by atoms with E-state index in [4.69, 9.17) is 8.94 Å². The molecule has 0 unspecified atom stereocenters. The number of rotatable bonds is 8. The normalized spacial score (nSPS) is 11.4. The van der Waals surface area contributed by atoms with Gasteiger partial charge in [-0.05, 0) is 25.0 Å². The number of hydrogen-bond acceptors (Lipinski definition) is 5. The van der Waals surface area contributed by atoms with E-state index in [9.17, 15) is 0 Å². The van der Waals surface area contributed by atoms with Crippen molar-refractivity contribution in [2.24, 2.45) is 4.99 Å². The van der Waals surface area contributed by atoms with E-state index < -0.39 is 0 Å². The van der Waals surface area contributed by atoms with Crippen molar-refractivity contribution in [1.29, 1.82) is 0 Å². The molecule has 3 rings (SSSR count). The van der Waals surface area contributed by atoms with Crippen LogP contribution in [0.5, 0.6) is 0 Å². The lowest BCUT2D eigenvalue weighted by molar-refractivity contribution is 0.368. The molecule has 0 atom stereocenters. The molecule has 0 saturated carbocycles. The zero-order valence-electron chi connectivity index (χ0n) is 17.0. The van der Waals surface area contributed by atoms with Crippen LogP contribution < -0.4 is 10.6 Å². The van der Waals surface area contributed by atoms with Crippen LogP contribution in [0.25, 0.3) is 11.5 Å². The first-order chi connectivity index (χ1) is 13.7. The van der Waals surface area contributed by atoms with Crippen molar-refractivity contribution < 1.29 is 8.94 Å². The summed E-state index contributed by atoms with van der Waals surface area (Å²) in [4.78, 5) is 8.74. The minimum Gasteiger partial charge on any atom is -0.444 e. The van der Waals surface area contributed by atoms with Crippen LogP contribution in [0, 0.1) is 0 Å². The summed E-state index contributed by atoms with van der Waals surface area (Å²) in [7, 11) is 1.73. The average Bonchev–Trinajstić information content (AvgIpc) is 3.40. The van der Waals surface area contributed by atoms with Crippen molar-refractivity contribution >= 4 is 29.9 Å². The molecule has 0 amide bonds. The Morgan fingerprint density at radius 3 is 2.52 bits per heavy atom. The highest BCUT2D eigenvalue weighted by Gasteiger charge is 2.13. The number of guanidine groups is 1. The van der Waals surface area contributed by atoms with Crippen LogP contribution in [0.1, 0.15) is 49.8 Å². The predicted molar refractivity (Wildman–Crippen MR) is 124 cm³/mol. The number of nitrogens with one attached hydrogen (secondary N) is 2. The van der Waals surface area contributed by atoms with E-state index in [1.165, 1.54) is 0 Å². The molecule has 156 valence electrons. The molecule has 0 saturated heterocycles. The summed E-state index contributed by atoms with van der Waals surface area (Å²) in [6.45, 7) is 5.35. The van der Waals surface area contributed by atoms with Gasteiger partial charge < -0.3 is 19.6 Å². The minimum atomic E-state index is 0. The number of nitrogens with zero attached hydrogens (tertiary/aromatic N) is 3. The molecule has 0 bridgehead atoms. The molecule has 3 aromatic rings. The number of benzene rings is 1. The van der Waals surface area contributed by atoms with Crippen LogP contribution in [0.3, 0.4) is 0 Å². The number of hydrogen-bond donors (Lipinski definition) is 2. The number of aliphatic imine (C=N–C) groups is 1. The van der Waals surface area contributed by atoms with Gasteiger partial charge in [0.25, 0.3) is 0 Å². The fraction of sp³-hybridized carbons (Fsp3) is 0.381. The third-order valence-corrected chi connectivity index (χ3v) is 4.64. The van der Waals surface area contributed by atoms with Gasteiger partial charge >= 0.3 is 0 Å². The summed E-state index contributed by atoms with van der Waals surface area (Å²) in [5.41, 5.74) is 2.77. The minimum absolute atomic E-state index is 0. The lowest BCUT2D eigenvalue weighted by atomic mass is 9.99. The Morgan fingerprint density at radius 2 is 1.83 bits per heavy atom. The molecule has 2 N–H and O–H groups in total. The number of aromatic nitrogens is 2. The zero-order valence-corrected chi connectivity index (χ0v) is 19.3. The first-order valence-electron chi connectivity index (χ1n) is 9.63. The van der Waals surface area contributed by atoms with Gasteiger partial charge in [-0.15, -0.1) is 24.0 Å². The Hall–Kier alpha value is -2.36. The Labute approximate surface area is 188 Å². The van der Waals surface area contributed by atoms with Gasteiger partial charge in [0, 0.05) is 24.6 Å². The van der Waals surface area contributed by atoms with Crippen LogP contribution >= 0.6 is 24.0 Å². The fourth-order valence-electron chi connectivity index (χ4n) is 2.98. The van der Waals surface area contributed by atoms with Crippen molar-refractivity contribution in [2.45, 2.75) is 45.7 Å². The molecule has 29 heavy (non-hydrogen) atoms. The molecule has 0 aliphatic rings. The molecule has 1 aromatic carbocycles. The second kappa shape index (κ2) is 11.6. The predicted octanol–water partition coefficient (Wildman–Crippen LogP) is 4.72. The lowest BCUT2D eigenvalue weighted by Crippen LogP contribution is -2.36. The standard InChI is InChI=1S/C21H27N5O2.HI/c1-4-15(5-2)19-11-18(28-26-19)13-24-21(22-3)23-12-17-14-27-20(25-17)16-9-7-6-8-10-16;/h6-11,14-15H,4-5,12-13H2,1-3H3,(H2,22,23,24);1H. The maximum atomic E-state index is 5.56. The molecule has 0 aliphatic carbocycles. The van der Waals surface area contributed by atoms with Crippen LogP contribution in [-0.2, 0) is 13.1 Å². The monoisotopic (exact) mass is 509 g/mol. The van der Waals surface area contributed by atoms with E-state index in [1.807, 2.05) is 36.4 Å². The smallest absolute Gasteiger partial charge is 0.226 e.